The maximum Gasteiger partial charge on any atom is 0.307 e. The van der Waals surface area contributed by atoms with E-state index >= 15 is 0 Å². The number of fused-ring (bicyclic) bond motifs is 3. The Kier molecular flexibility index (Phi) is 12.8. The van der Waals surface area contributed by atoms with Gasteiger partial charge in [-0.3, -0.25) is 23.9 Å². The summed E-state index contributed by atoms with van der Waals surface area (Å²) in [5, 5.41) is 2.86. The van der Waals surface area contributed by atoms with Crippen molar-refractivity contribution in [2.24, 2.45) is 23.2 Å². The van der Waals surface area contributed by atoms with Crippen molar-refractivity contribution in [2.75, 3.05) is 13.7 Å². The van der Waals surface area contributed by atoms with Gasteiger partial charge in [-0.15, -0.1) is 11.3 Å². The number of allylic oxidation sites excluding steroid dienone is 2. The van der Waals surface area contributed by atoms with Crippen molar-refractivity contribution in [3.8, 4) is 22.2 Å². The van der Waals surface area contributed by atoms with E-state index in [1.54, 1.807) is 32.8 Å². The number of nitrogens with zero attached hydrogens (tertiary/aromatic N) is 3. The average molecular weight is 877 g/mol. The molecule has 0 unspecified atom stereocenters. The zero-order chi connectivity index (χ0) is 44.0. The first-order valence-electron chi connectivity index (χ1n) is 21.7. The highest BCUT2D eigenvalue weighted by molar-refractivity contribution is 7.90. The summed E-state index contributed by atoms with van der Waals surface area (Å²) in [6.07, 6.45) is 7.67. The molecule has 3 aromatic rings. The molecule has 61 heavy (non-hydrogen) atoms. The van der Waals surface area contributed by atoms with Crippen molar-refractivity contribution in [2.45, 2.75) is 142 Å². The highest BCUT2D eigenvalue weighted by atomic mass is 32.2. The summed E-state index contributed by atoms with van der Waals surface area (Å²) in [5.41, 5.74) is 1.02. The first-order valence-corrected chi connectivity index (χ1v) is 24.1. The summed E-state index contributed by atoms with van der Waals surface area (Å²) in [6.45, 7) is 13.4. The molecular weight excluding hydrogens is 817 g/mol. The molecule has 0 radical (unpaired) electrons. The van der Waals surface area contributed by atoms with Gasteiger partial charge in [-0.2, -0.15) is 0 Å². The third-order valence-electron chi connectivity index (χ3n) is 12.6. The van der Waals surface area contributed by atoms with Crippen LogP contribution in [0.2, 0.25) is 0 Å². The number of esters is 1. The van der Waals surface area contributed by atoms with Gasteiger partial charge in [0, 0.05) is 40.7 Å². The van der Waals surface area contributed by atoms with E-state index in [0.717, 1.165) is 40.9 Å². The van der Waals surface area contributed by atoms with E-state index in [0.29, 0.717) is 54.8 Å². The minimum atomic E-state index is -3.88. The van der Waals surface area contributed by atoms with Crippen LogP contribution in [-0.4, -0.2) is 83.5 Å². The van der Waals surface area contributed by atoms with Crippen LogP contribution < -0.4 is 14.2 Å². The third-order valence-corrected chi connectivity index (χ3v) is 15.3. The molecule has 0 bridgehead atoms. The van der Waals surface area contributed by atoms with E-state index in [1.807, 2.05) is 49.6 Å². The maximum atomic E-state index is 15.0. The number of aryl methyl sites for hydroxylation is 1. The molecule has 2 aliphatic carbocycles. The number of Topliss-reactive ketones (excluding diaryl/α,β-unsaturated/α-hetero) is 1. The summed E-state index contributed by atoms with van der Waals surface area (Å²) >= 11 is 1.49. The van der Waals surface area contributed by atoms with Crippen LogP contribution in [0.1, 0.15) is 123 Å². The molecule has 4 heterocycles. The number of hydrogen-bond donors (Lipinski definition) is 1. The lowest BCUT2D eigenvalue weighted by molar-refractivity contribution is -0.159. The van der Waals surface area contributed by atoms with Crippen molar-refractivity contribution in [3.63, 3.8) is 0 Å². The molecule has 1 saturated heterocycles. The zero-order valence-electron chi connectivity index (χ0n) is 36.6. The number of carbonyl (C=O) groups is 4. The Morgan fingerprint density at radius 2 is 1.82 bits per heavy atom. The Labute approximate surface area is 363 Å². The first kappa shape index (κ1) is 44.7. The highest BCUT2D eigenvalue weighted by Gasteiger charge is 2.62. The summed E-state index contributed by atoms with van der Waals surface area (Å²) in [5.74, 6) is -2.11. The summed E-state index contributed by atoms with van der Waals surface area (Å²) in [6, 6.07) is 4.59. The monoisotopic (exact) mass is 876 g/mol. The molecular formula is C46H60N4O9S2. The molecule has 13 nitrogen and oxygen atoms in total. The molecule has 0 spiro atoms. The van der Waals surface area contributed by atoms with Crippen LogP contribution in [0, 0.1) is 30.1 Å². The summed E-state index contributed by atoms with van der Waals surface area (Å²) < 4.78 is 46.7. The van der Waals surface area contributed by atoms with E-state index in [2.05, 4.69) is 18.6 Å². The predicted octanol–water partition coefficient (Wildman–Crippen LogP) is 7.84. The van der Waals surface area contributed by atoms with E-state index in [9.17, 15) is 27.6 Å². The van der Waals surface area contributed by atoms with E-state index in [-0.39, 0.29) is 42.9 Å². The van der Waals surface area contributed by atoms with Crippen LogP contribution in [0.3, 0.4) is 0 Å². The number of carbonyl (C=O) groups excluding carboxylic acids is 4. The number of thiazole rings is 1. The van der Waals surface area contributed by atoms with Gasteiger partial charge in [0.15, 0.2) is 5.78 Å². The smallest absolute Gasteiger partial charge is 0.307 e. The first-order chi connectivity index (χ1) is 28.8. The lowest BCUT2D eigenvalue weighted by atomic mass is 9.87. The van der Waals surface area contributed by atoms with Gasteiger partial charge in [0.1, 0.15) is 33.9 Å². The molecule has 2 aliphatic heterocycles. The van der Waals surface area contributed by atoms with Crippen LogP contribution in [0.25, 0.3) is 21.6 Å². The van der Waals surface area contributed by atoms with Gasteiger partial charge in [-0.05, 0) is 90.2 Å². The van der Waals surface area contributed by atoms with Gasteiger partial charge in [0.25, 0.3) is 0 Å². The molecule has 2 saturated carbocycles. The van der Waals surface area contributed by atoms with Crippen molar-refractivity contribution < 1.29 is 41.8 Å². The van der Waals surface area contributed by atoms with Crippen LogP contribution in [-0.2, 0) is 33.9 Å². The van der Waals surface area contributed by atoms with Gasteiger partial charge >= 0.3 is 5.97 Å². The highest BCUT2D eigenvalue weighted by Crippen LogP contribution is 2.57. The molecule has 2 amide bonds. The Morgan fingerprint density at radius 1 is 1.07 bits per heavy atom. The number of aromatic nitrogens is 2. The fourth-order valence-electron chi connectivity index (χ4n) is 8.90. The number of pyridine rings is 1. The summed E-state index contributed by atoms with van der Waals surface area (Å²) in [4.78, 5) is 68.7. The average Bonchev–Trinajstić information content (AvgIpc) is 4.08. The van der Waals surface area contributed by atoms with Gasteiger partial charge in [-0.1, -0.05) is 45.8 Å². The lowest BCUT2D eigenvalue weighted by Crippen LogP contribution is -2.48. The Bertz CT molecular complexity index is 2330. The van der Waals surface area contributed by atoms with Crippen LogP contribution >= 0.6 is 11.3 Å². The number of sulfonamides is 1. The molecule has 6 atom stereocenters. The zero-order valence-corrected chi connectivity index (χ0v) is 38.2. The van der Waals surface area contributed by atoms with E-state index in [1.165, 1.54) is 11.3 Å². The molecule has 3 fully saturated rings. The van der Waals surface area contributed by atoms with Gasteiger partial charge in [-0.25, -0.2) is 18.4 Å². The molecule has 15 heteroatoms. The largest absolute Gasteiger partial charge is 0.496 e. The molecule has 330 valence electrons. The topological polar surface area (TPSA) is 171 Å². The Morgan fingerprint density at radius 3 is 2.49 bits per heavy atom. The molecule has 1 aromatic carbocycles. The fourth-order valence-corrected chi connectivity index (χ4v) is 11.2. The maximum absolute atomic E-state index is 15.0. The number of benzene rings is 1. The van der Waals surface area contributed by atoms with Crippen molar-refractivity contribution in [1.82, 2.24) is 19.6 Å². The van der Waals surface area contributed by atoms with Gasteiger partial charge in [0.05, 0.1) is 48.0 Å². The predicted molar refractivity (Wildman–Crippen MR) is 234 cm³/mol. The van der Waals surface area contributed by atoms with Crippen molar-refractivity contribution in [1.29, 1.82) is 0 Å². The van der Waals surface area contributed by atoms with E-state index < -0.39 is 62.1 Å². The SMILES string of the molecule is COc1ccc2c(O[C@H]3CN4C(=O)[C@@H](CC(=O)OC(C)(C)C)CCCCC/C=C\[C@@H]5C[C@@]5(C(=O)NS(=O)(=O)C5CC5)CC(=O)[C@@H]4[C@@H]3C)cc(-c3nc(C(C)C)cs3)nc2c1C. The molecule has 7 rings (SSSR count). The van der Waals surface area contributed by atoms with Crippen molar-refractivity contribution in [3.05, 3.63) is 47.0 Å². The second kappa shape index (κ2) is 17.4. The Hall–Kier alpha value is -4.37. The quantitative estimate of drug-likeness (QED) is 0.156. The Balaban J connectivity index is 1.27. The number of ether oxygens (including phenoxy) is 3. The number of ketones is 1. The summed E-state index contributed by atoms with van der Waals surface area (Å²) in [7, 11) is -2.27. The van der Waals surface area contributed by atoms with Gasteiger partial charge < -0.3 is 19.1 Å². The lowest BCUT2D eigenvalue weighted by Gasteiger charge is -2.30. The standard InChI is InChI=1S/C46H60N4O9S2/c1-26(2)34-25-60-42(48-34)33-21-37(32-18-19-36(57-8)27(3)40(32)47-33)58-38-24-50-41(28(38)4)35(51)23-46(44(54)49-61(55,56)31-16-17-31)22-30(46)15-13-11-9-10-12-14-29(43(50)53)20-39(52)59-45(5,6)7/h13,15,18-19,21,25-26,28-31,38,41H,9-12,14,16-17,20,22-24H2,1-8H3,(H,49,54)/b15-13-/t28-,29-,30-,38+,41+,46-/m1/s1. The number of nitrogens with one attached hydrogen (secondary N) is 1. The second-order valence-electron chi connectivity index (χ2n) is 18.8. The third kappa shape index (κ3) is 9.67. The van der Waals surface area contributed by atoms with E-state index in [4.69, 9.17) is 24.2 Å². The van der Waals surface area contributed by atoms with Crippen LogP contribution in [0.5, 0.6) is 11.5 Å². The number of amides is 2. The van der Waals surface area contributed by atoms with Crippen molar-refractivity contribution >= 4 is 55.8 Å². The molecule has 1 N–H and O–H groups in total. The number of rotatable bonds is 10. The normalized spacial score (nSPS) is 26.8. The minimum absolute atomic E-state index is 0.0445. The number of hydrogen-bond acceptors (Lipinski definition) is 12. The van der Waals surface area contributed by atoms with Gasteiger partial charge in [0.2, 0.25) is 21.8 Å². The minimum Gasteiger partial charge on any atom is -0.496 e. The fraction of sp³-hybridized carbons (Fsp3) is 0.609. The molecule has 4 aliphatic rings. The van der Waals surface area contributed by atoms with Crippen LogP contribution in [0.4, 0.5) is 0 Å². The molecule has 2 aromatic heterocycles. The second-order valence-corrected chi connectivity index (χ2v) is 21.6. The number of methoxy groups -OCH3 is 1. The van der Waals surface area contributed by atoms with Crippen LogP contribution in [0.15, 0.2) is 35.7 Å².